The summed E-state index contributed by atoms with van der Waals surface area (Å²) in [6.07, 6.45) is 0. The largest absolute Gasteiger partial charge is 2.00 e. The van der Waals surface area contributed by atoms with Gasteiger partial charge in [-0.25, -0.2) is 0 Å². The zero-order chi connectivity index (χ0) is 6.41. The summed E-state index contributed by atoms with van der Waals surface area (Å²) in [7, 11) is -10.8. The Morgan fingerprint density at radius 3 is 0.625 bits per heavy atom. The Bertz CT molecular complexity index is 67.1. The molecule has 0 amide bonds. The van der Waals surface area contributed by atoms with Gasteiger partial charge in [0.15, 0.2) is 0 Å². The van der Waals surface area contributed by atoms with Gasteiger partial charge in [0.2, 0.25) is 0 Å². The Balaban J connectivity index is 0. The van der Waals surface area contributed by atoms with Crippen LogP contribution in [0.5, 0.6) is 0 Å². The van der Waals surface area contributed by atoms with Crippen LogP contribution in [-0.4, -0.2) is 8.63 Å². The van der Waals surface area contributed by atoms with Crippen LogP contribution in [0.4, 0.5) is 24.6 Å². The zero-order valence-electron chi connectivity index (χ0n) is 3.47. The van der Waals surface area contributed by atoms with Gasteiger partial charge in [-0.05, 0) is 0 Å². The number of hydrogen-bond donors (Lipinski definition) is 0. The molecule has 0 N–H and O–H groups in total. The smallest absolute Gasteiger partial charge is 2.00 e. The van der Waals surface area contributed by atoms with E-state index in [1.165, 1.54) is 0 Å². The van der Waals surface area contributed by atoms with Gasteiger partial charge in [-0.1, -0.05) is 0 Å². The van der Waals surface area contributed by atoms with Crippen LogP contribution in [0.3, 0.4) is 0 Å². The predicted molar refractivity (Wildman–Crippen MR) is 12.4 cm³/mol. The third-order valence-electron chi connectivity index (χ3n) is 0. The molecule has 0 spiro atoms. The fraction of sp³-hybridized carbons (Fsp3) is 0. The standard InChI is InChI=1S/F6Si.Hg/c1-7(2,3,4,5)6;/q-2;+2. The summed E-state index contributed by atoms with van der Waals surface area (Å²) in [5.41, 5.74) is 0. The Hall–Kier alpha value is 0.732. The quantitative estimate of drug-likeness (QED) is 0.359. The maximum absolute atomic E-state index is 10.8. The molecule has 0 aliphatic heterocycles. The van der Waals surface area contributed by atoms with Crippen molar-refractivity contribution >= 4 is 8.63 Å². The molecule has 0 rings (SSSR count). The molecular formula is F6HgSi. The first kappa shape index (κ1) is 11.5. The summed E-state index contributed by atoms with van der Waals surface area (Å²) < 4.78 is 59.3. The Kier molecular flexibility index (Phi) is 2.04. The molecule has 0 saturated carbocycles. The summed E-state index contributed by atoms with van der Waals surface area (Å²) in [5.74, 6) is 0. The van der Waals surface area contributed by atoms with Gasteiger partial charge in [0.05, 0.1) is 0 Å². The molecule has 0 atom stereocenters. The molecule has 0 nitrogen and oxygen atoms in total. The van der Waals surface area contributed by atoms with E-state index in [-0.39, 0.29) is 27.7 Å². The molecule has 0 unspecified atom stereocenters. The molecular weight excluding hydrogens is 343 g/mol. The maximum atomic E-state index is 9.88. The minimum atomic E-state index is -10.8. The minimum Gasteiger partial charge on any atom is 2.00 e. The molecule has 0 fully saturated rings. The van der Waals surface area contributed by atoms with Gasteiger partial charge >= 0.3 is 60.9 Å². The summed E-state index contributed by atoms with van der Waals surface area (Å²) in [6.45, 7) is 0. The summed E-state index contributed by atoms with van der Waals surface area (Å²) in [4.78, 5) is 0. The normalized spacial score (nSPS) is 20.2. The van der Waals surface area contributed by atoms with Gasteiger partial charge in [-0.3, -0.25) is 0 Å². The van der Waals surface area contributed by atoms with Crippen molar-refractivity contribution in [2.45, 2.75) is 0 Å². The van der Waals surface area contributed by atoms with E-state index < -0.39 is 8.63 Å². The minimum absolute atomic E-state index is 0. The predicted octanol–water partition coefficient (Wildman–Crippen LogP) is 2.14. The maximum Gasteiger partial charge on any atom is 2.00 e. The van der Waals surface area contributed by atoms with E-state index in [1.807, 2.05) is 0 Å². The van der Waals surface area contributed by atoms with Crippen LogP contribution in [0.25, 0.3) is 0 Å². The Morgan fingerprint density at radius 2 is 0.625 bits per heavy atom. The van der Waals surface area contributed by atoms with Gasteiger partial charge < -0.3 is 0 Å². The van der Waals surface area contributed by atoms with Crippen molar-refractivity contribution in [1.82, 2.24) is 0 Å². The molecule has 0 saturated heterocycles. The first-order valence-electron chi connectivity index (χ1n) is 1.13. The van der Waals surface area contributed by atoms with Crippen LogP contribution < -0.4 is 0 Å². The Morgan fingerprint density at radius 1 is 0.625 bits per heavy atom. The molecule has 48 valence electrons. The molecule has 0 radical (unpaired) electrons. The average Bonchev–Trinajstić information content (AvgIpc) is 0.592. The van der Waals surface area contributed by atoms with Crippen LogP contribution >= 0.6 is 0 Å². The molecule has 0 aliphatic rings. The molecule has 8 heavy (non-hydrogen) atoms. The second-order valence-corrected chi connectivity index (χ2v) is 3.21. The Labute approximate surface area is 61.2 Å². The second kappa shape index (κ2) is 1.42. The van der Waals surface area contributed by atoms with Gasteiger partial charge in [-0.15, -0.1) is 0 Å². The van der Waals surface area contributed by atoms with Crippen molar-refractivity contribution in [3.05, 3.63) is 0 Å². The SMILES string of the molecule is F[Si-2](F)(F)(F)(F)F.[Hg+2]. The first-order chi connectivity index (χ1) is 2.45. The van der Waals surface area contributed by atoms with Crippen LogP contribution in [0.1, 0.15) is 0 Å². The first-order valence-corrected chi connectivity index (χ1v) is 3.40. The molecule has 0 heterocycles. The van der Waals surface area contributed by atoms with Crippen LogP contribution in [-0.2, 0) is 27.7 Å². The fourth-order valence-electron chi connectivity index (χ4n) is 0. The van der Waals surface area contributed by atoms with Crippen molar-refractivity contribution in [2.75, 3.05) is 0 Å². The van der Waals surface area contributed by atoms with Gasteiger partial charge in [-0.2, -0.15) is 0 Å². The number of rotatable bonds is 0. The van der Waals surface area contributed by atoms with Crippen LogP contribution in [0, 0.1) is 0 Å². The second-order valence-electron chi connectivity index (χ2n) is 1.07. The zero-order valence-corrected chi connectivity index (χ0v) is 9.97. The van der Waals surface area contributed by atoms with Crippen molar-refractivity contribution in [1.29, 1.82) is 0 Å². The third-order valence-corrected chi connectivity index (χ3v) is 0. The molecule has 0 bridgehead atoms. The molecule has 0 aromatic heterocycles. The van der Waals surface area contributed by atoms with E-state index >= 15 is 0 Å². The number of hydrogen-bond acceptors (Lipinski definition) is 0. The summed E-state index contributed by atoms with van der Waals surface area (Å²) in [5, 5.41) is 0. The molecule has 0 aromatic rings. The van der Waals surface area contributed by atoms with E-state index in [4.69, 9.17) is 0 Å². The molecule has 0 aromatic carbocycles. The van der Waals surface area contributed by atoms with Gasteiger partial charge in [0.1, 0.15) is 0 Å². The van der Waals surface area contributed by atoms with E-state index in [0.717, 1.165) is 0 Å². The average molecular weight is 343 g/mol. The molecule has 0 aliphatic carbocycles. The van der Waals surface area contributed by atoms with Crippen molar-refractivity contribution in [3.63, 3.8) is 0 Å². The fourth-order valence-corrected chi connectivity index (χ4v) is 0. The van der Waals surface area contributed by atoms with Crippen molar-refractivity contribution < 1.29 is 52.3 Å². The molecule has 8 heteroatoms. The van der Waals surface area contributed by atoms with Crippen molar-refractivity contribution in [2.24, 2.45) is 0 Å². The van der Waals surface area contributed by atoms with E-state index in [9.17, 15) is 24.6 Å². The van der Waals surface area contributed by atoms with E-state index in [2.05, 4.69) is 0 Å². The van der Waals surface area contributed by atoms with Gasteiger partial charge in [0.25, 0.3) is 0 Å². The van der Waals surface area contributed by atoms with Gasteiger partial charge in [0, 0.05) is 0 Å². The van der Waals surface area contributed by atoms with E-state index in [1.54, 1.807) is 0 Å². The van der Waals surface area contributed by atoms with Crippen LogP contribution in [0.2, 0.25) is 0 Å². The topological polar surface area (TPSA) is 0 Å². The third kappa shape index (κ3) is 413. The van der Waals surface area contributed by atoms with Crippen LogP contribution in [0.15, 0.2) is 0 Å². The summed E-state index contributed by atoms with van der Waals surface area (Å²) >= 11 is 0. The monoisotopic (exact) mass is 344 g/mol. The van der Waals surface area contributed by atoms with Crippen molar-refractivity contribution in [3.8, 4) is 0 Å². The number of halogens is 6. The summed E-state index contributed by atoms with van der Waals surface area (Å²) in [6, 6.07) is 0. The van der Waals surface area contributed by atoms with E-state index in [0.29, 0.717) is 0 Å².